The molecule has 0 atom stereocenters. The normalized spacial score (nSPS) is 10.7. The second-order valence-electron chi connectivity index (χ2n) is 3.16. The summed E-state index contributed by atoms with van der Waals surface area (Å²) in [6.45, 7) is 0.488. The topological polar surface area (TPSA) is 69.6 Å². The highest BCUT2D eigenvalue weighted by Gasteiger charge is 2.05. The van der Waals surface area contributed by atoms with E-state index in [1.54, 1.807) is 18.2 Å². The Bertz CT molecular complexity index is 476. The third-order valence-corrected chi connectivity index (χ3v) is 2.34. The van der Waals surface area contributed by atoms with E-state index >= 15 is 0 Å². The second-order valence-corrected chi connectivity index (χ2v) is 4.03. The number of tetrazole rings is 1. The number of nitrogens with zero attached hydrogens (tertiary/aromatic N) is 4. The SMILES string of the molecule is NCCc1nnn(-c2cc(Cl)cc(Cl)c2)n1. The number of hydrogen-bond donors (Lipinski definition) is 1. The van der Waals surface area contributed by atoms with Crippen LogP contribution in [-0.2, 0) is 6.42 Å². The molecule has 0 unspecified atom stereocenters. The molecule has 2 N–H and O–H groups in total. The van der Waals surface area contributed by atoms with Gasteiger partial charge < -0.3 is 5.73 Å². The van der Waals surface area contributed by atoms with Crippen molar-refractivity contribution in [3.05, 3.63) is 34.1 Å². The molecule has 0 fully saturated rings. The standard InChI is InChI=1S/C9H9Cl2N5/c10-6-3-7(11)5-8(4-6)16-14-9(1-2-12)13-15-16/h3-5H,1-2,12H2. The summed E-state index contributed by atoms with van der Waals surface area (Å²) in [5, 5.41) is 13.0. The number of nitrogens with two attached hydrogens (primary N) is 1. The van der Waals surface area contributed by atoms with Gasteiger partial charge in [0.25, 0.3) is 0 Å². The predicted molar refractivity (Wildman–Crippen MR) is 61.9 cm³/mol. The van der Waals surface area contributed by atoms with Crippen LogP contribution in [0.5, 0.6) is 0 Å². The van der Waals surface area contributed by atoms with Crippen molar-refractivity contribution >= 4 is 23.2 Å². The lowest BCUT2D eigenvalue weighted by Gasteiger charge is -1.99. The smallest absolute Gasteiger partial charge is 0.176 e. The van der Waals surface area contributed by atoms with Crippen molar-refractivity contribution in [3.63, 3.8) is 0 Å². The van der Waals surface area contributed by atoms with E-state index in [4.69, 9.17) is 28.9 Å². The molecule has 16 heavy (non-hydrogen) atoms. The zero-order valence-electron chi connectivity index (χ0n) is 8.27. The van der Waals surface area contributed by atoms with Gasteiger partial charge in [0, 0.05) is 16.5 Å². The van der Waals surface area contributed by atoms with Crippen LogP contribution in [0.3, 0.4) is 0 Å². The number of rotatable bonds is 3. The number of benzene rings is 1. The van der Waals surface area contributed by atoms with Gasteiger partial charge in [0.05, 0.1) is 5.69 Å². The van der Waals surface area contributed by atoms with Gasteiger partial charge in [-0.3, -0.25) is 0 Å². The van der Waals surface area contributed by atoms with Gasteiger partial charge >= 0.3 is 0 Å². The van der Waals surface area contributed by atoms with Gasteiger partial charge in [-0.15, -0.1) is 15.0 Å². The highest BCUT2D eigenvalue weighted by atomic mass is 35.5. The summed E-state index contributed by atoms with van der Waals surface area (Å²) in [5.74, 6) is 0.596. The van der Waals surface area contributed by atoms with Crippen LogP contribution in [0, 0.1) is 0 Å². The zero-order valence-corrected chi connectivity index (χ0v) is 9.78. The Morgan fingerprint density at radius 3 is 2.50 bits per heavy atom. The fourth-order valence-electron chi connectivity index (χ4n) is 1.24. The lowest BCUT2D eigenvalue weighted by molar-refractivity contribution is 0.717. The van der Waals surface area contributed by atoms with Crippen molar-refractivity contribution in [2.24, 2.45) is 5.73 Å². The molecule has 0 bridgehead atoms. The fraction of sp³-hybridized carbons (Fsp3) is 0.222. The van der Waals surface area contributed by atoms with Crippen molar-refractivity contribution in [1.29, 1.82) is 0 Å². The second kappa shape index (κ2) is 4.78. The highest BCUT2D eigenvalue weighted by molar-refractivity contribution is 6.34. The predicted octanol–water partition coefficient (Wildman–Crippen LogP) is 1.47. The minimum atomic E-state index is 0.488. The van der Waals surface area contributed by atoms with Crippen molar-refractivity contribution in [2.45, 2.75) is 6.42 Å². The van der Waals surface area contributed by atoms with E-state index in [0.29, 0.717) is 34.5 Å². The van der Waals surface area contributed by atoms with E-state index in [0.717, 1.165) is 0 Å². The van der Waals surface area contributed by atoms with Crippen LogP contribution in [0.2, 0.25) is 10.0 Å². The van der Waals surface area contributed by atoms with E-state index in [2.05, 4.69) is 15.4 Å². The maximum absolute atomic E-state index is 5.87. The summed E-state index contributed by atoms with van der Waals surface area (Å²) in [4.78, 5) is 1.38. The van der Waals surface area contributed by atoms with Gasteiger partial charge in [-0.05, 0) is 30.0 Å². The molecule has 2 aromatic rings. The third-order valence-electron chi connectivity index (χ3n) is 1.90. The van der Waals surface area contributed by atoms with Crippen LogP contribution >= 0.6 is 23.2 Å². The molecule has 0 aliphatic heterocycles. The molecule has 0 amide bonds. The van der Waals surface area contributed by atoms with Crippen LogP contribution in [0.25, 0.3) is 5.69 Å². The van der Waals surface area contributed by atoms with Crippen molar-refractivity contribution in [3.8, 4) is 5.69 Å². The first-order valence-electron chi connectivity index (χ1n) is 4.64. The van der Waals surface area contributed by atoms with Crippen LogP contribution in [-0.4, -0.2) is 26.8 Å². The molecule has 0 radical (unpaired) electrons. The average Bonchev–Trinajstić information content (AvgIpc) is 2.65. The average molecular weight is 258 g/mol. The van der Waals surface area contributed by atoms with Gasteiger partial charge in [-0.2, -0.15) is 0 Å². The van der Waals surface area contributed by atoms with E-state index in [1.807, 2.05) is 0 Å². The van der Waals surface area contributed by atoms with Gasteiger partial charge in [0.15, 0.2) is 5.82 Å². The quantitative estimate of drug-likeness (QED) is 0.905. The van der Waals surface area contributed by atoms with E-state index in [9.17, 15) is 0 Å². The molecule has 1 heterocycles. The molecular weight excluding hydrogens is 249 g/mol. The molecule has 5 nitrogen and oxygen atoms in total. The largest absolute Gasteiger partial charge is 0.330 e. The number of aromatic nitrogens is 4. The number of halogens is 2. The molecule has 7 heteroatoms. The maximum atomic E-state index is 5.87. The summed E-state index contributed by atoms with van der Waals surface area (Å²) in [5.41, 5.74) is 6.07. The molecule has 0 saturated heterocycles. The van der Waals surface area contributed by atoms with Crippen molar-refractivity contribution in [2.75, 3.05) is 6.54 Å². The first-order chi connectivity index (χ1) is 7.69. The molecule has 0 aliphatic carbocycles. The van der Waals surface area contributed by atoms with E-state index < -0.39 is 0 Å². The molecule has 0 saturated carbocycles. The minimum absolute atomic E-state index is 0.488. The van der Waals surface area contributed by atoms with E-state index in [-0.39, 0.29) is 0 Å². The molecular formula is C9H9Cl2N5. The van der Waals surface area contributed by atoms with Crippen LogP contribution < -0.4 is 5.73 Å². The molecule has 0 aliphatic rings. The summed E-state index contributed by atoms with van der Waals surface area (Å²) in [6, 6.07) is 5.06. The Hall–Kier alpha value is -1.17. The van der Waals surface area contributed by atoms with Gasteiger partial charge in [-0.1, -0.05) is 23.2 Å². The van der Waals surface area contributed by atoms with Gasteiger partial charge in [0.1, 0.15) is 0 Å². The Morgan fingerprint density at radius 2 is 1.88 bits per heavy atom. The molecule has 2 rings (SSSR count). The van der Waals surface area contributed by atoms with Crippen molar-refractivity contribution in [1.82, 2.24) is 20.2 Å². The first-order valence-corrected chi connectivity index (χ1v) is 5.40. The lowest BCUT2D eigenvalue weighted by atomic mass is 10.3. The Balaban J connectivity index is 2.34. The number of hydrogen-bond acceptors (Lipinski definition) is 4. The zero-order chi connectivity index (χ0) is 11.5. The summed E-state index contributed by atoms with van der Waals surface area (Å²) < 4.78 is 0. The Kier molecular flexibility index (Phi) is 3.38. The molecule has 1 aromatic carbocycles. The molecule has 0 spiro atoms. The minimum Gasteiger partial charge on any atom is -0.330 e. The van der Waals surface area contributed by atoms with Crippen molar-refractivity contribution < 1.29 is 0 Å². The lowest BCUT2D eigenvalue weighted by Crippen LogP contribution is -2.05. The maximum Gasteiger partial charge on any atom is 0.176 e. The molecule has 84 valence electrons. The van der Waals surface area contributed by atoms with Gasteiger partial charge in [-0.25, -0.2) is 0 Å². The van der Waals surface area contributed by atoms with Gasteiger partial charge in [0.2, 0.25) is 0 Å². The van der Waals surface area contributed by atoms with Crippen LogP contribution in [0.1, 0.15) is 5.82 Å². The highest BCUT2D eigenvalue weighted by Crippen LogP contribution is 2.20. The third kappa shape index (κ3) is 2.49. The molecule has 1 aromatic heterocycles. The summed E-state index contributed by atoms with van der Waals surface area (Å²) in [7, 11) is 0. The summed E-state index contributed by atoms with van der Waals surface area (Å²) >= 11 is 11.7. The Morgan fingerprint density at radius 1 is 1.19 bits per heavy atom. The fourth-order valence-corrected chi connectivity index (χ4v) is 1.75. The Labute approximate surface area is 102 Å². The van der Waals surface area contributed by atoms with E-state index in [1.165, 1.54) is 4.80 Å². The first kappa shape index (κ1) is 11.3. The van der Waals surface area contributed by atoms with Crippen LogP contribution in [0.4, 0.5) is 0 Å². The van der Waals surface area contributed by atoms with Crippen LogP contribution in [0.15, 0.2) is 18.2 Å². The summed E-state index contributed by atoms with van der Waals surface area (Å²) in [6.07, 6.45) is 0.592. The monoisotopic (exact) mass is 257 g/mol.